The Balaban J connectivity index is 2.19. The summed E-state index contributed by atoms with van der Waals surface area (Å²) in [5.74, 6) is -1.46. The standard InChI is InChI=1S/C14H14ClN3O3/c15-9-6-8-2-1-5-17-13(8)11(7-9)18-14(21)10(16)3-4-12(19)20/h1-2,5-7,10H,3-4,16H2,(H,18,21)(H,19,20). The number of aromatic nitrogens is 1. The number of hydrogen-bond acceptors (Lipinski definition) is 4. The number of pyridine rings is 1. The molecule has 6 nitrogen and oxygen atoms in total. The highest BCUT2D eigenvalue weighted by molar-refractivity contribution is 6.32. The average molecular weight is 308 g/mol. The molecular weight excluding hydrogens is 294 g/mol. The Morgan fingerprint density at radius 1 is 1.43 bits per heavy atom. The molecule has 0 aliphatic carbocycles. The van der Waals surface area contributed by atoms with Crippen LogP contribution in [0.1, 0.15) is 12.8 Å². The normalized spacial score (nSPS) is 12.1. The van der Waals surface area contributed by atoms with Crippen LogP contribution in [0.3, 0.4) is 0 Å². The maximum absolute atomic E-state index is 12.0. The summed E-state index contributed by atoms with van der Waals surface area (Å²) in [4.78, 5) is 26.7. The largest absolute Gasteiger partial charge is 0.481 e. The van der Waals surface area contributed by atoms with Gasteiger partial charge in [0.2, 0.25) is 5.91 Å². The van der Waals surface area contributed by atoms with Crippen LogP contribution in [0.15, 0.2) is 30.5 Å². The lowest BCUT2D eigenvalue weighted by molar-refractivity contribution is -0.137. The van der Waals surface area contributed by atoms with Crippen LogP contribution in [-0.4, -0.2) is 28.0 Å². The van der Waals surface area contributed by atoms with Gasteiger partial charge in [-0.25, -0.2) is 0 Å². The number of rotatable bonds is 5. The Morgan fingerprint density at radius 3 is 2.90 bits per heavy atom. The minimum Gasteiger partial charge on any atom is -0.481 e. The maximum atomic E-state index is 12.0. The molecule has 0 aliphatic rings. The molecule has 110 valence electrons. The van der Waals surface area contributed by atoms with Crippen LogP contribution >= 0.6 is 11.6 Å². The van der Waals surface area contributed by atoms with E-state index < -0.39 is 17.9 Å². The number of nitrogens with one attached hydrogen (secondary N) is 1. The van der Waals surface area contributed by atoms with Gasteiger partial charge in [0.25, 0.3) is 0 Å². The number of halogens is 1. The van der Waals surface area contributed by atoms with Crippen LogP contribution in [0.2, 0.25) is 5.02 Å². The zero-order valence-electron chi connectivity index (χ0n) is 11.0. The van der Waals surface area contributed by atoms with Gasteiger partial charge in [-0.15, -0.1) is 0 Å². The van der Waals surface area contributed by atoms with Crippen LogP contribution in [0.5, 0.6) is 0 Å². The van der Waals surface area contributed by atoms with Gasteiger partial charge < -0.3 is 16.2 Å². The van der Waals surface area contributed by atoms with Crippen molar-refractivity contribution in [3.63, 3.8) is 0 Å². The number of fused-ring (bicyclic) bond motifs is 1. The molecule has 2 rings (SSSR count). The summed E-state index contributed by atoms with van der Waals surface area (Å²) in [6, 6.07) is 6.01. The van der Waals surface area contributed by atoms with E-state index in [1.807, 2.05) is 6.07 Å². The van der Waals surface area contributed by atoms with Crippen molar-refractivity contribution < 1.29 is 14.7 Å². The number of carboxylic acids is 1. The average Bonchev–Trinajstić information content (AvgIpc) is 2.44. The summed E-state index contributed by atoms with van der Waals surface area (Å²) in [6.07, 6.45) is 1.51. The van der Waals surface area contributed by atoms with E-state index >= 15 is 0 Å². The van der Waals surface area contributed by atoms with Gasteiger partial charge in [0, 0.05) is 23.0 Å². The summed E-state index contributed by atoms with van der Waals surface area (Å²) < 4.78 is 0. The Hall–Kier alpha value is -2.18. The molecule has 1 aromatic carbocycles. The highest BCUT2D eigenvalue weighted by Crippen LogP contribution is 2.26. The summed E-state index contributed by atoms with van der Waals surface area (Å²) in [5.41, 5.74) is 6.72. The molecule has 0 bridgehead atoms. The van der Waals surface area contributed by atoms with Crippen molar-refractivity contribution >= 4 is 40.1 Å². The van der Waals surface area contributed by atoms with Crippen LogP contribution in [0, 0.1) is 0 Å². The number of carbonyl (C=O) groups excluding carboxylic acids is 1. The number of nitrogens with zero attached hydrogens (tertiary/aromatic N) is 1. The summed E-state index contributed by atoms with van der Waals surface area (Å²) in [7, 11) is 0. The van der Waals surface area contributed by atoms with Gasteiger partial charge in [-0.05, 0) is 24.6 Å². The molecular formula is C14H14ClN3O3. The highest BCUT2D eigenvalue weighted by atomic mass is 35.5. The van der Waals surface area contributed by atoms with Gasteiger partial charge in [-0.3, -0.25) is 14.6 Å². The minimum atomic E-state index is -0.992. The zero-order chi connectivity index (χ0) is 15.4. The molecule has 2 aromatic rings. The molecule has 7 heteroatoms. The predicted molar refractivity (Wildman–Crippen MR) is 80.2 cm³/mol. The number of amides is 1. The van der Waals surface area contributed by atoms with E-state index in [4.69, 9.17) is 22.4 Å². The van der Waals surface area contributed by atoms with E-state index in [1.165, 1.54) is 0 Å². The Morgan fingerprint density at radius 2 is 2.19 bits per heavy atom. The Bertz CT molecular complexity index is 690. The first-order chi connectivity index (χ1) is 9.97. The quantitative estimate of drug-likeness (QED) is 0.783. The lowest BCUT2D eigenvalue weighted by atomic mass is 10.1. The predicted octanol–water partition coefficient (Wildman–Crippen LogP) is 2.02. The lowest BCUT2D eigenvalue weighted by Gasteiger charge is -2.13. The van der Waals surface area contributed by atoms with Gasteiger partial charge in [0.05, 0.1) is 17.2 Å². The molecule has 21 heavy (non-hydrogen) atoms. The third-order valence-corrected chi connectivity index (χ3v) is 3.15. The van der Waals surface area contributed by atoms with Crippen molar-refractivity contribution in [1.29, 1.82) is 0 Å². The topological polar surface area (TPSA) is 105 Å². The van der Waals surface area contributed by atoms with Gasteiger partial charge in [0.1, 0.15) is 0 Å². The van der Waals surface area contributed by atoms with Crippen LogP contribution in [0.4, 0.5) is 5.69 Å². The molecule has 1 atom stereocenters. The van der Waals surface area contributed by atoms with E-state index in [0.717, 1.165) is 5.39 Å². The fraction of sp³-hybridized carbons (Fsp3) is 0.214. The smallest absolute Gasteiger partial charge is 0.303 e. The number of aliphatic carboxylic acids is 1. The highest BCUT2D eigenvalue weighted by Gasteiger charge is 2.16. The number of anilines is 1. The van der Waals surface area contributed by atoms with E-state index in [2.05, 4.69) is 10.3 Å². The molecule has 4 N–H and O–H groups in total. The van der Waals surface area contributed by atoms with Crippen molar-refractivity contribution in [3.8, 4) is 0 Å². The zero-order valence-corrected chi connectivity index (χ0v) is 11.8. The molecule has 1 unspecified atom stereocenters. The third-order valence-electron chi connectivity index (χ3n) is 2.93. The van der Waals surface area contributed by atoms with E-state index in [0.29, 0.717) is 16.2 Å². The summed E-state index contributed by atoms with van der Waals surface area (Å²) in [5, 5.41) is 12.5. The van der Waals surface area contributed by atoms with Crippen molar-refractivity contribution in [2.24, 2.45) is 5.73 Å². The second-order valence-electron chi connectivity index (χ2n) is 4.56. The molecule has 1 aromatic heterocycles. The molecule has 1 heterocycles. The molecule has 0 fully saturated rings. The van der Waals surface area contributed by atoms with Crippen molar-refractivity contribution in [3.05, 3.63) is 35.5 Å². The molecule has 0 radical (unpaired) electrons. The third kappa shape index (κ3) is 3.90. The van der Waals surface area contributed by atoms with Gasteiger partial charge in [0.15, 0.2) is 0 Å². The van der Waals surface area contributed by atoms with Gasteiger partial charge in [-0.2, -0.15) is 0 Å². The molecule has 0 aliphatic heterocycles. The molecule has 0 spiro atoms. The van der Waals surface area contributed by atoms with Gasteiger partial charge >= 0.3 is 5.97 Å². The minimum absolute atomic E-state index is 0.0626. The second-order valence-corrected chi connectivity index (χ2v) is 4.99. The molecule has 1 amide bonds. The molecule has 0 saturated carbocycles. The maximum Gasteiger partial charge on any atom is 0.303 e. The number of carbonyl (C=O) groups is 2. The fourth-order valence-electron chi connectivity index (χ4n) is 1.89. The number of benzene rings is 1. The summed E-state index contributed by atoms with van der Waals surface area (Å²) in [6.45, 7) is 0. The Kier molecular flexibility index (Phi) is 4.72. The first-order valence-electron chi connectivity index (χ1n) is 6.30. The van der Waals surface area contributed by atoms with Crippen molar-refractivity contribution in [2.45, 2.75) is 18.9 Å². The Labute approximate surface area is 125 Å². The first kappa shape index (κ1) is 15.2. The van der Waals surface area contributed by atoms with Crippen molar-refractivity contribution in [1.82, 2.24) is 4.98 Å². The van der Waals surface area contributed by atoms with E-state index in [-0.39, 0.29) is 12.8 Å². The SMILES string of the molecule is NC(CCC(=O)O)C(=O)Nc1cc(Cl)cc2cccnc12. The van der Waals surface area contributed by atoms with Crippen LogP contribution < -0.4 is 11.1 Å². The lowest BCUT2D eigenvalue weighted by Crippen LogP contribution is -2.36. The first-order valence-corrected chi connectivity index (χ1v) is 6.67. The second kappa shape index (κ2) is 6.51. The van der Waals surface area contributed by atoms with E-state index in [9.17, 15) is 9.59 Å². The summed E-state index contributed by atoms with van der Waals surface area (Å²) >= 11 is 6.00. The van der Waals surface area contributed by atoms with Gasteiger partial charge in [-0.1, -0.05) is 17.7 Å². The number of hydrogen-bond donors (Lipinski definition) is 3. The van der Waals surface area contributed by atoms with Crippen LogP contribution in [0.25, 0.3) is 10.9 Å². The number of carboxylic acid groups (broad SMARTS) is 1. The monoisotopic (exact) mass is 307 g/mol. The fourth-order valence-corrected chi connectivity index (χ4v) is 2.11. The number of nitrogens with two attached hydrogens (primary N) is 1. The molecule has 0 saturated heterocycles. The van der Waals surface area contributed by atoms with E-state index in [1.54, 1.807) is 24.4 Å². The van der Waals surface area contributed by atoms with Crippen molar-refractivity contribution in [2.75, 3.05) is 5.32 Å². The van der Waals surface area contributed by atoms with Crippen LogP contribution in [-0.2, 0) is 9.59 Å².